The summed E-state index contributed by atoms with van der Waals surface area (Å²) in [5.41, 5.74) is 2.36. The Balaban J connectivity index is 1.56. The lowest BCUT2D eigenvalue weighted by molar-refractivity contribution is -0.908. The van der Waals surface area contributed by atoms with Crippen LogP contribution in [0.4, 0.5) is 0 Å². The summed E-state index contributed by atoms with van der Waals surface area (Å²) in [6, 6.07) is 3.72. The molecule has 0 aliphatic carbocycles. The molecule has 0 unspecified atom stereocenters. The third kappa shape index (κ3) is 3.88. The van der Waals surface area contributed by atoms with Crippen molar-refractivity contribution < 1.29 is 18.8 Å². The SMILES string of the molecule is C/C=C\Cn1c(C(=O)NCCC[NH+]2CCOCC2)cc2occc21. The number of allylic oxidation sites excluding steroid dienone is 2. The molecule has 0 aromatic carbocycles. The number of nitrogens with one attached hydrogen (secondary N) is 2. The molecular weight excluding hydrogens is 306 g/mol. The number of morpholine rings is 1. The Morgan fingerprint density at radius 3 is 3.04 bits per heavy atom. The zero-order chi connectivity index (χ0) is 16.8. The van der Waals surface area contributed by atoms with Crippen LogP contribution >= 0.6 is 0 Å². The quantitative estimate of drug-likeness (QED) is 0.584. The molecule has 1 aliphatic rings. The summed E-state index contributed by atoms with van der Waals surface area (Å²) in [4.78, 5) is 14.1. The second-order valence-corrected chi connectivity index (χ2v) is 6.10. The minimum Gasteiger partial charge on any atom is -0.463 e. The average molecular weight is 332 g/mol. The maximum absolute atomic E-state index is 12.5. The molecule has 3 heterocycles. The van der Waals surface area contributed by atoms with E-state index in [-0.39, 0.29) is 5.91 Å². The number of furan rings is 1. The first kappa shape index (κ1) is 16.8. The van der Waals surface area contributed by atoms with Crippen LogP contribution in [0.25, 0.3) is 11.1 Å². The lowest BCUT2D eigenvalue weighted by atomic mass is 10.3. The van der Waals surface area contributed by atoms with Gasteiger partial charge in [0.2, 0.25) is 0 Å². The van der Waals surface area contributed by atoms with E-state index in [1.807, 2.05) is 35.8 Å². The summed E-state index contributed by atoms with van der Waals surface area (Å²) in [5, 5.41) is 3.04. The monoisotopic (exact) mass is 332 g/mol. The van der Waals surface area contributed by atoms with E-state index in [2.05, 4.69) is 5.32 Å². The van der Waals surface area contributed by atoms with Crippen molar-refractivity contribution in [1.82, 2.24) is 9.88 Å². The minimum atomic E-state index is -0.0390. The van der Waals surface area contributed by atoms with Crippen molar-refractivity contribution in [3.8, 4) is 0 Å². The number of carbonyl (C=O) groups is 1. The number of rotatable bonds is 7. The van der Waals surface area contributed by atoms with Crippen molar-refractivity contribution in [3.63, 3.8) is 0 Å². The van der Waals surface area contributed by atoms with Crippen LogP contribution in [0, 0.1) is 0 Å². The molecule has 0 atom stereocenters. The molecule has 1 saturated heterocycles. The van der Waals surface area contributed by atoms with Crippen LogP contribution < -0.4 is 10.2 Å². The maximum Gasteiger partial charge on any atom is 0.268 e. The molecule has 1 aliphatic heterocycles. The minimum absolute atomic E-state index is 0.0390. The molecule has 24 heavy (non-hydrogen) atoms. The van der Waals surface area contributed by atoms with Gasteiger partial charge in [-0.3, -0.25) is 4.79 Å². The van der Waals surface area contributed by atoms with Crippen molar-refractivity contribution in [3.05, 3.63) is 36.2 Å². The predicted molar refractivity (Wildman–Crippen MR) is 92.4 cm³/mol. The molecule has 3 rings (SSSR count). The lowest BCUT2D eigenvalue weighted by Crippen LogP contribution is -3.14. The number of ether oxygens (including phenoxy) is 1. The van der Waals surface area contributed by atoms with Gasteiger partial charge in [0, 0.05) is 31.6 Å². The van der Waals surface area contributed by atoms with Crippen molar-refractivity contribution in [1.29, 1.82) is 0 Å². The van der Waals surface area contributed by atoms with E-state index in [0.717, 1.165) is 50.4 Å². The summed E-state index contributed by atoms with van der Waals surface area (Å²) in [7, 11) is 0. The topological polar surface area (TPSA) is 60.8 Å². The Morgan fingerprint density at radius 2 is 2.25 bits per heavy atom. The molecule has 2 N–H and O–H groups in total. The van der Waals surface area contributed by atoms with Gasteiger partial charge in [-0.05, 0) is 6.92 Å². The normalized spacial score (nSPS) is 16.2. The van der Waals surface area contributed by atoms with Crippen LogP contribution in [0.5, 0.6) is 0 Å². The van der Waals surface area contributed by atoms with Gasteiger partial charge in [-0.15, -0.1) is 0 Å². The highest BCUT2D eigenvalue weighted by Gasteiger charge is 2.17. The van der Waals surface area contributed by atoms with E-state index in [0.29, 0.717) is 18.8 Å². The van der Waals surface area contributed by atoms with E-state index in [1.165, 1.54) is 0 Å². The molecule has 6 heteroatoms. The molecule has 6 nitrogen and oxygen atoms in total. The molecule has 130 valence electrons. The van der Waals surface area contributed by atoms with E-state index < -0.39 is 0 Å². The summed E-state index contributed by atoms with van der Waals surface area (Å²) >= 11 is 0. The van der Waals surface area contributed by atoms with Crippen LogP contribution in [0.15, 0.2) is 35.0 Å². The van der Waals surface area contributed by atoms with Gasteiger partial charge in [-0.2, -0.15) is 0 Å². The van der Waals surface area contributed by atoms with E-state index >= 15 is 0 Å². The zero-order valence-corrected chi connectivity index (χ0v) is 14.2. The highest BCUT2D eigenvalue weighted by atomic mass is 16.5. The van der Waals surface area contributed by atoms with Gasteiger partial charge >= 0.3 is 0 Å². The number of carbonyl (C=O) groups excluding carboxylic acids is 1. The van der Waals surface area contributed by atoms with Crippen molar-refractivity contribution in [2.24, 2.45) is 0 Å². The van der Waals surface area contributed by atoms with Crippen LogP contribution in [-0.4, -0.2) is 49.9 Å². The fraction of sp³-hybridized carbons (Fsp3) is 0.500. The molecule has 0 radical (unpaired) electrons. The fourth-order valence-electron chi connectivity index (χ4n) is 3.11. The van der Waals surface area contributed by atoms with Gasteiger partial charge in [-0.25, -0.2) is 0 Å². The number of hydrogen-bond donors (Lipinski definition) is 2. The Morgan fingerprint density at radius 1 is 1.42 bits per heavy atom. The van der Waals surface area contributed by atoms with Crippen molar-refractivity contribution in [2.45, 2.75) is 19.9 Å². The van der Waals surface area contributed by atoms with Crippen LogP contribution in [0.1, 0.15) is 23.8 Å². The first-order chi connectivity index (χ1) is 11.8. The van der Waals surface area contributed by atoms with Crippen LogP contribution in [0.2, 0.25) is 0 Å². The molecule has 1 fully saturated rings. The Labute approximate surface area is 142 Å². The summed E-state index contributed by atoms with van der Waals surface area (Å²) < 4.78 is 12.8. The molecule has 1 amide bonds. The van der Waals surface area contributed by atoms with Gasteiger partial charge in [0.15, 0.2) is 5.58 Å². The average Bonchev–Trinajstić information content (AvgIpc) is 3.19. The van der Waals surface area contributed by atoms with Gasteiger partial charge in [-0.1, -0.05) is 12.2 Å². The third-order valence-corrected chi connectivity index (χ3v) is 4.47. The molecular formula is C18H26N3O3+. The second kappa shape index (κ2) is 8.17. The highest BCUT2D eigenvalue weighted by molar-refractivity contribution is 5.97. The number of nitrogens with zero attached hydrogens (tertiary/aromatic N) is 1. The van der Waals surface area contributed by atoms with Crippen LogP contribution in [0.3, 0.4) is 0 Å². The molecule has 0 spiro atoms. The van der Waals surface area contributed by atoms with Crippen molar-refractivity contribution in [2.75, 3.05) is 39.4 Å². The predicted octanol–water partition coefficient (Wildman–Crippen LogP) is 0.845. The maximum atomic E-state index is 12.5. The van der Waals surface area contributed by atoms with E-state index in [4.69, 9.17) is 9.15 Å². The number of fused-ring (bicyclic) bond motifs is 1. The Kier molecular flexibility index (Phi) is 5.72. The number of aromatic nitrogens is 1. The Bertz CT molecular complexity index is 695. The highest BCUT2D eigenvalue weighted by Crippen LogP contribution is 2.21. The molecule has 0 saturated carbocycles. The van der Waals surface area contributed by atoms with Gasteiger partial charge in [0.1, 0.15) is 18.8 Å². The molecule has 2 aromatic heterocycles. The van der Waals surface area contributed by atoms with Gasteiger partial charge in [0.25, 0.3) is 5.91 Å². The zero-order valence-electron chi connectivity index (χ0n) is 14.2. The molecule has 0 bridgehead atoms. The Hall–Kier alpha value is -2.05. The molecule has 2 aromatic rings. The summed E-state index contributed by atoms with van der Waals surface area (Å²) in [6.07, 6.45) is 6.65. The van der Waals surface area contributed by atoms with Gasteiger partial charge < -0.3 is 23.9 Å². The number of hydrogen-bond acceptors (Lipinski definition) is 3. The lowest BCUT2D eigenvalue weighted by Gasteiger charge is -2.23. The smallest absolute Gasteiger partial charge is 0.268 e. The number of quaternary nitrogens is 1. The van der Waals surface area contributed by atoms with E-state index in [1.54, 1.807) is 11.2 Å². The number of amides is 1. The first-order valence-electron chi connectivity index (χ1n) is 8.67. The first-order valence-corrected chi connectivity index (χ1v) is 8.67. The third-order valence-electron chi connectivity index (χ3n) is 4.47. The largest absolute Gasteiger partial charge is 0.463 e. The fourth-order valence-corrected chi connectivity index (χ4v) is 3.11. The second-order valence-electron chi connectivity index (χ2n) is 6.10. The summed E-state index contributed by atoms with van der Waals surface area (Å²) in [6.45, 7) is 8.24. The van der Waals surface area contributed by atoms with E-state index in [9.17, 15) is 4.79 Å². The van der Waals surface area contributed by atoms with Crippen LogP contribution in [-0.2, 0) is 11.3 Å². The standard InChI is InChI=1S/C18H25N3O3/c1-2-3-8-21-15-5-11-24-17(15)14-16(21)18(22)19-6-4-7-20-9-12-23-13-10-20/h2-3,5,11,14H,4,6-10,12-13H2,1H3,(H,19,22)/p+1/b3-2-. The summed E-state index contributed by atoms with van der Waals surface area (Å²) in [5.74, 6) is -0.0390. The van der Waals surface area contributed by atoms with Crippen molar-refractivity contribution >= 4 is 17.0 Å². The van der Waals surface area contributed by atoms with Gasteiger partial charge in [0.05, 0.1) is 31.5 Å².